The van der Waals surface area contributed by atoms with Gasteiger partial charge in [0.1, 0.15) is 0 Å². The van der Waals surface area contributed by atoms with E-state index in [1.807, 2.05) is 37.3 Å². The first-order valence-corrected chi connectivity index (χ1v) is 10.2. The van der Waals surface area contributed by atoms with Crippen LogP contribution < -0.4 is 10.7 Å². The molecule has 136 valence electrons. The van der Waals surface area contributed by atoms with Crippen LogP contribution in [0.1, 0.15) is 44.6 Å². The molecule has 5 nitrogen and oxygen atoms in total. The van der Waals surface area contributed by atoms with Crippen molar-refractivity contribution in [1.29, 1.82) is 0 Å². The van der Waals surface area contributed by atoms with Crippen LogP contribution in [0, 0.1) is 5.92 Å². The fraction of sp³-hybridized carbons (Fsp3) is 0.579. The molecule has 2 N–H and O–H groups in total. The van der Waals surface area contributed by atoms with E-state index in [2.05, 4.69) is 10.7 Å². The molecular formula is C19H27N3O2S. The fourth-order valence-electron chi connectivity index (χ4n) is 3.44. The maximum Gasteiger partial charge on any atom is 0.251 e. The fourth-order valence-corrected chi connectivity index (χ4v) is 4.63. The highest BCUT2D eigenvalue weighted by Gasteiger charge is 2.39. The van der Waals surface area contributed by atoms with Crippen molar-refractivity contribution in [3.05, 3.63) is 35.9 Å². The number of nitrogens with zero attached hydrogens (tertiary/aromatic N) is 1. The van der Waals surface area contributed by atoms with Crippen LogP contribution in [-0.2, 0) is 16.1 Å². The number of nitrogens with one attached hydrogen (secondary N) is 2. The zero-order valence-electron chi connectivity index (χ0n) is 14.7. The molecule has 0 aromatic heterocycles. The monoisotopic (exact) mass is 361 g/mol. The molecule has 0 spiro atoms. The topological polar surface area (TPSA) is 61.4 Å². The summed E-state index contributed by atoms with van der Waals surface area (Å²) in [5.74, 6) is 0.266. The van der Waals surface area contributed by atoms with Crippen molar-refractivity contribution in [3.63, 3.8) is 0 Å². The average molecular weight is 362 g/mol. The summed E-state index contributed by atoms with van der Waals surface area (Å²) in [6.45, 7) is 2.35. The second-order valence-corrected chi connectivity index (χ2v) is 8.04. The quantitative estimate of drug-likeness (QED) is 0.818. The Balaban J connectivity index is 1.49. The van der Waals surface area contributed by atoms with E-state index >= 15 is 0 Å². The van der Waals surface area contributed by atoms with Crippen LogP contribution in [0.2, 0.25) is 0 Å². The second kappa shape index (κ2) is 8.72. The molecule has 25 heavy (non-hydrogen) atoms. The molecule has 2 unspecified atom stereocenters. The van der Waals surface area contributed by atoms with E-state index in [4.69, 9.17) is 0 Å². The van der Waals surface area contributed by atoms with Gasteiger partial charge in [-0.1, -0.05) is 56.5 Å². The minimum absolute atomic E-state index is 0.0398. The predicted octanol–water partition coefficient (Wildman–Crippen LogP) is 2.68. The Morgan fingerprint density at radius 3 is 2.68 bits per heavy atom. The molecule has 2 amide bonds. The smallest absolute Gasteiger partial charge is 0.251 e. The summed E-state index contributed by atoms with van der Waals surface area (Å²) in [5, 5.41) is 4.38. The van der Waals surface area contributed by atoms with Gasteiger partial charge >= 0.3 is 0 Å². The molecular weight excluding hydrogens is 334 g/mol. The van der Waals surface area contributed by atoms with Crippen molar-refractivity contribution >= 4 is 23.6 Å². The van der Waals surface area contributed by atoms with E-state index in [1.54, 1.807) is 16.8 Å². The van der Waals surface area contributed by atoms with Crippen molar-refractivity contribution in [2.75, 3.05) is 5.88 Å². The minimum atomic E-state index is -0.334. The Hall–Kier alpha value is -1.53. The van der Waals surface area contributed by atoms with Gasteiger partial charge in [0.25, 0.3) is 5.91 Å². The van der Waals surface area contributed by atoms with Crippen LogP contribution in [0.25, 0.3) is 0 Å². The molecule has 1 saturated heterocycles. The van der Waals surface area contributed by atoms with Gasteiger partial charge in [-0.15, -0.1) is 11.8 Å². The van der Waals surface area contributed by atoms with Crippen LogP contribution in [0.15, 0.2) is 30.3 Å². The van der Waals surface area contributed by atoms with E-state index in [9.17, 15) is 9.59 Å². The maximum atomic E-state index is 12.7. The van der Waals surface area contributed by atoms with Gasteiger partial charge < -0.3 is 5.32 Å². The molecule has 1 aliphatic heterocycles. The summed E-state index contributed by atoms with van der Waals surface area (Å²) in [6, 6.07) is 10.2. The average Bonchev–Trinajstić information content (AvgIpc) is 3.01. The molecule has 2 atom stereocenters. The van der Waals surface area contributed by atoms with E-state index in [1.165, 1.54) is 19.3 Å². The van der Waals surface area contributed by atoms with Gasteiger partial charge in [-0.2, -0.15) is 0 Å². The second-order valence-electron chi connectivity index (χ2n) is 6.94. The van der Waals surface area contributed by atoms with Crippen molar-refractivity contribution < 1.29 is 9.59 Å². The molecule has 0 bridgehead atoms. The normalized spacial score (nSPS) is 22.8. The summed E-state index contributed by atoms with van der Waals surface area (Å²) >= 11 is 1.56. The number of hydrazine groups is 1. The molecule has 0 radical (unpaired) electrons. The van der Waals surface area contributed by atoms with Gasteiger partial charge in [0.2, 0.25) is 5.91 Å². The summed E-state index contributed by atoms with van der Waals surface area (Å²) in [4.78, 5) is 25.1. The van der Waals surface area contributed by atoms with Crippen LogP contribution in [0.4, 0.5) is 0 Å². The zero-order valence-corrected chi connectivity index (χ0v) is 15.6. The van der Waals surface area contributed by atoms with E-state index < -0.39 is 0 Å². The predicted molar refractivity (Wildman–Crippen MR) is 101 cm³/mol. The van der Waals surface area contributed by atoms with Gasteiger partial charge in [0, 0.05) is 12.6 Å². The number of amides is 2. The molecule has 2 aliphatic rings. The third kappa shape index (κ3) is 4.76. The maximum absolute atomic E-state index is 12.7. The lowest BCUT2D eigenvalue weighted by Crippen LogP contribution is -2.49. The van der Waals surface area contributed by atoms with Crippen molar-refractivity contribution in [1.82, 2.24) is 15.8 Å². The first-order valence-electron chi connectivity index (χ1n) is 9.16. The number of rotatable bonds is 6. The lowest BCUT2D eigenvalue weighted by molar-refractivity contribution is -0.136. The van der Waals surface area contributed by atoms with Crippen LogP contribution in [0.3, 0.4) is 0 Å². The van der Waals surface area contributed by atoms with Gasteiger partial charge in [-0.25, -0.2) is 5.43 Å². The summed E-state index contributed by atoms with van der Waals surface area (Å²) in [5.41, 5.74) is 4.44. The van der Waals surface area contributed by atoms with Gasteiger partial charge in [-0.05, 0) is 18.4 Å². The summed E-state index contributed by atoms with van der Waals surface area (Å²) < 4.78 is 0. The van der Waals surface area contributed by atoms with Gasteiger partial charge in [0.05, 0.1) is 17.0 Å². The number of thioether (sulfide) groups is 1. The van der Waals surface area contributed by atoms with E-state index in [0.29, 0.717) is 18.5 Å². The van der Waals surface area contributed by atoms with Crippen molar-refractivity contribution in [2.24, 2.45) is 5.92 Å². The molecule has 1 saturated carbocycles. The highest BCUT2D eigenvalue weighted by Crippen LogP contribution is 2.30. The standard InChI is InChI=1S/C19H27N3O2S/c1-14(18(23)20-12-15-8-4-2-5-9-15)17-19(24)22(13-25-17)21-16-10-6-3-7-11-16/h2,4-5,8-9,14,16-17,21H,3,6-7,10-13H2,1H3,(H,20,23). The first kappa shape index (κ1) is 18.3. The molecule has 1 aromatic carbocycles. The van der Waals surface area contributed by atoms with E-state index in [-0.39, 0.29) is 23.0 Å². The van der Waals surface area contributed by atoms with Gasteiger partial charge in [0.15, 0.2) is 0 Å². The van der Waals surface area contributed by atoms with Gasteiger partial charge in [-0.3, -0.25) is 14.6 Å². The van der Waals surface area contributed by atoms with Crippen molar-refractivity contribution in [3.8, 4) is 0 Å². The molecule has 2 fully saturated rings. The third-order valence-corrected chi connectivity index (χ3v) is 6.39. The lowest BCUT2D eigenvalue weighted by atomic mass is 9.96. The molecule has 3 rings (SSSR count). The van der Waals surface area contributed by atoms with Crippen LogP contribution >= 0.6 is 11.8 Å². The number of hydrogen-bond donors (Lipinski definition) is 2. The molecule has 1 aliphatic carbocycles. The Morgan fingerprint density at radius 2 is 1.96 bits per heavy atom. The van der Waals surface area contributed by atoms with Crippen LogP contribution in [0.5, 0.6) is 0 Å². The molecule has 6 heteroatoms. The number of carbonyl (C=O) groups excluding carboxylic acids is 2. The Kier molecular flexibility index (Phi) is 6.37. The molecule has 1 heterocycles. The summed E-state index contributed by atoms with van der Waals surface area (Å²) in [7, 11) is 0. The van der Waals surface area contributed by atoms with Crippen LogP contribution in [-0.4, -0.2) is 34.0 Å². The van der Waals surface area contributed by atoms with E-state index in [0.717, 1.165) is 18.4 Å². The Labute approximate surface area is 153 Å². The highest BCUT2D eigenvalue weighted by molar-refractivity contribution is 8.01. The lowest BCUT2D eigenvalue weighted by Gasteiger charge is -2.28. The summed E-state index contributed by atoms with van der Waals surface area (Å²) in [6.07, 6.45) is 6.02. The molecule has 1 aromatic rings. The largest absolute Gasteiger partial charge is 0.352 e. The minimum Gasteiger partial charge on any atom is -0.352 e. The highest BCUT2D eigenvalue weighted by atomic mass is 32.2. The Bertz CT molecular complexity index is 590. The number of benzene rings is 1. The first-order chi connectivity index (χ1) is 12.1. The third-order valence-electron chi connectivity index (χ3n) is 5.01. The van der Waals surface area contributed by atoms with Crippen molar-refractivity contribution in [2.45, 2.75) is 56.9 Å². The SMILES string of the molecule is CC(C(=O)NCc1ccccc1)C1SCN(NC2CCCCC2)C1=O. The zero-order chi connectivity index (χ0) is 17.6. The number of carbonyl (C=O) groups is 2. The Morgan fingerprint density at radius 1 is 1.24 bits per heavy atom. The number of hydrogen-bond acceptors (Lipinski definition) is 4.